The molecule has 30 heavy (non-hydrogen) atoms. The van der Waals surface area contributed by atoms with Crippen LogP contribution in [0.4, 0.5) is 5.82 Å². The van der Waals surface area contributed by atoms with Crippen LogP contribution in [0.15, 0.2) is 47.2 Å². The standard InChI is InChI=1S/C24H32N4O2/c1-2-21(27-19-9-4-3-5-10-19)18(16-29)15-26-23-20(24-25-12-13-30-24)14-17-8-6-7-11-22(17)28-23/h6-8,11-14,18-19,21,27,29H,2-5,9-10,15-16H2,1H3,(H,26,28). The number of pyridine rings is 1. The number of hydrogen-bond acceptors (Lipinski definition) is 6. The Hall–Kier alpha value is -2.44. The van der Waals surface area contributed by atoms with Crippen LogP contribution in [0, 0.1) is 5.92 Å². The van der Waals surface area contributed by atoms with Gasteiger partial charge < -0.3 is 20.2 Å². The average Bonchev–Trinajstić information content (AvgIpc) is 3.33. The van der Waals surface area contributed by atoms with Gasteiger partial charge in [-0.15, -0.1) is 0 Å². The summed E-state index contributed by atoms with van der Waals surface area (Å²) >= 11 is 0. The van der Waals surface area contributed by atoms with Gasteiger partial charge >= 0.3 is 0 Å². The summed E-state index contributed by atoms with van der Waals surface area (Å²) in [5, 5.41) is 18.5. The highest BCUT2D eigenvalue weighted by molar-refractivity contribution is 5.87. The van der Waals surface area contributed by atoms with E-state index in [1.807, 2.05) is 24.3 Å². The largest absolute Gasteiger partial charge is 0.444 e. The second-order valence-electron chi connectivity index (χ2n) is 8.25. The molecule has 1 saturated carbocycles. The molecule has 1 aliphatic rings. The molecule has 2 unspecified atom stereocenters. The van der Waals surface area contributed by atoms with Crippen molar-refractivity contribution >= 4 is 16.7 Å². The Morgan fingerprint density at radius 2 is 2.03 bits per heavy atom. The Labute approximate surface area is 178 Å². The van der Waals surface area contributed by atoms with Crippen molar-refractivity contribution in [1.82, 2.24) is 15.3 Å². The van der Waals surface area contributed by atoms with Gasteiger partial charge in [0.25, 0.3) is 0 Å². The number of para-hydroxylation sites is 1. The smallest absolute Gasteiger partial charge is 0.229 e. The molecule has 3 aromatic rings. The van der Waals surface area contributed by atoms with E-state index in [0.717, 1.165) is 28.7 Å². The number of benzene rings is 1. The number of anilines is 1. The highest BCUT2D eigenvalue weighted by Gasteiger charge is 2.24. The van der Waals surface area contributed by atoms with Crippen molar-refractivity contribution in [3.05, 3.63) is 42.8 Å². The third-order valence-corrected chi connectivity index (χ3v) is 6.22. The van der Waals surface area contributed by atoms with Gasteiger partial charge in [0.15, 0.2) is 0 Å². The molecule has 0 aliphatic heterocycles. The lowest BCUT2D eigenvalue weighted by atomic mass is 9.91. The van der Waals surface area contributed by atoms with E-state index in [4.69, 9.17) is 9.40 Å². The Morgan fingerprint density at radius 1 is 1.20 bits per heavy atom. The zero-order valence-corrected chi connectivity index (χ0v) is 17.7. The zero-order chi connectivity index (χ0) is 20.8. The number of rotatable bonds is 9. The molecule has 6 heteroatoms. The number of aliphatic hydroxyl groups is 1. The van der Waals surface area contributed by atoms with Crippen LogP contribution >= 0.6 is 0 Å². The Balaban J connectivity index is 1.52. The fraction of sp³-hybridized carbons (Fsp3) is 0.500. The summed E-state index contributed by atoms with van der Waals surface area (Å²) in [5.74, 6) is 1.38. The van der Waals surface area contributed by atoms with Gasteiger partial charge in [0, 0.05) is 36.5 Å². The maximum atomic E-state index is 10.1. The number of hydrogen-bond donors (Lipinski definition) is 3. The summed E-state index contributed by atoms with van der Waals surface area (Å²) in [7, 11) is 0. The molecule has 6 nitrogen and oxygen atoms in total. The fourth-order valence-corrected chi connectivity index (χ4v) is 4.49. The predicted octanol–water partition coefficient (Wildman–Crippen LogP) is 4.61. The minimum Gasteiger partial charge on any atom is -0.444 e. The van der Waals surface area contributed by atoms with Crippen LogP contribution in [0.5, 0.6) is 0 Å². The normalized spacial score (nSPS) is 17.1. The highest BCUT2D eigenvalue weighted by Crippen LogP contribution is 2.29. The van der Waals surface area contributed by atoms with Gasteiger partial charge in [-0.3, -0.25) is 0 Å². The van der Waals surface area contributed by atoms with Crippen LogP contribution in [0.3, 0.4) is 0 Å². The van der Waals surface area contributed by atoms with Crippen molar-refractivity contribution in [2.45, 2.75) is 57.5 Å². The van der Waals surface area contributed by atoms with Gasteiger partial charge in [-0.05, 0) is 31.4 Å². The molecular weight excluding hydrogens is 376 g/mol. The molecule has 2 heterocycles. The Morgan fingerprint density at radius 3 is 2.77 bits per heavy atom. The van der Waals surface area contributed by atoms with Crippen molar-refractivity contribution < 1.29 is 9.52 Å². The van der Waals surface area contributed by atoms with E-state index in [1.165, 1.54) is 32.1 Å². The van der Waals surface area contributed by atoms with Gasteiger partial charge in [-0.2, -0.15) is 0 Å². The molecule has 1 aliphatic carbocycles. The Bertz CT molecular complexity index is 922. The second kappa shape index (κ2) is 10.0. The molecule has 0 spiro atoms. The quantitative estimate of drug-likeness (QED) is 0.479. The summed E-state index contributed by atoms with van der Waals surface area (Å²) < 4.78 is 5.56. The minimum atomic E-state index is 0.0996. The SMILES string of the molecule is CCC(NC1CCCCC1)C(CO)CNc1nc2ccccc2cc1-c1ncco1. The lowest BCUT2D eigenvalue weighted by molar-refractivity contribution is 0.180. The predicted molar refractivity (Wildman–Crippen MR) is 120 cm³/mol. The van der Waals surface area contributed by atoms with E-state index in [0.29, 0.717) is 18.5 Å². The monoisotopic (exact) mass is 408 g/mol. The zero-order valence-electron chi connectivity index (χ0n) is 17.7. The summed E-state index contributed by atoms with van der Waals surface area (Å²) in [6.07, 6.45) is 10.6. The van der Waals surface area contributed by atoms with Gasteiger partial charge in [-0.25, -0.2) is 9.97 Å². The van der Waals surface area contributed by atoms with Crippen molar-refractivity contribution in [1.29, 1.82) is 0 Å². The first-order valence-electron chi connectivity index (χ1n) is 11.2. The van der Waals surface area contributed by atoms with Crippen LogP contribution in [-0.2, 0) is 0 Å². The topological polar surface area (TPSA) is 83.2 Å². The molecule has 1 fully saturated rings. The van der Waals surface area contributed by atoms with Crippen molar-refractivity contribution in [2.24, 2.45) is 5.92 Å². The number of aromatic nitrogens is 2. The second-order valence-corrected chi connectivity index (χ2v) is 8.25. The number of nitrogens with one attached hydrogen (secondary N) is 2. The number of nitrogens with zero attached hydrogens (tertiary/aromatic N) is 2. The first-order chi connectivity index (χ1) is 14.8. The summed E-state index contributed by atoms with van der Waals surface area (Å²) in [6.45, 7) is 2.95. The molecule has 0 bridgehead atoms. The van der Waals surface area contributed by atoms with E-state index in [9.17, 15) is 5.11 Å². The number of fused-ring (bicyclic) bond motifs is 1. The lowest BCUT2D eigenvalue weighted by Crippen LogP contribution is -2.46. The van der Waals surface area contributed by atoms with Gasteiger partial charge in [0.05, 0.1) is 17.3 Å². The molecule has 2 atom stereocenters. The molecule has 2 aromatic heterocycles. The molecule has 4 rings (SSSR count). The third-order valence-electron chi connectivity index (χ3n) is 6.22. The lowest BCUT2D eigenvalue weighted by Gasteiger charge is -2.32. The van der Waals surface area contributed by atoms with Crippen LogP contribution in [0.25, 0.3) is 22.4 Å². The molecule has 3 N–H and O–H groups in total. The van der Waals surface area contributed by atoms with E-state index in [-0.39, 0.29) is 18.6 Å². The first kappa shape index (κ1) is 20.8. The van der Waals surface area contributed by atoms with E-state index in [2.05, 4.69) is 28.6 Å². The third kappa shape index (κ3) is 4.82. The molecule has 0 amide bonds. The molecule has 0 saturated heterocycles. The van der Waals surface area contributed by atoms with Gasteiger partial charge in [0.1, 0.15) is 12.1 Å². The summed E-state index contributed by atoms with van der Waals surface area (Å²) in [6, 6.07) is 10.9. The van der Waals surface area contributed by atoms with Crippen LogP contribution in [0.1, 0.15) is 45.4 Å². The van der Waals surface area contributed by atoms with Crippen LogP contribution in [-0.4, -0.2) is 40.3 Å². The van der Waals surface area contributed by atoms with E-state index >= 15 is 0 Å². The average molecular weight is 409 g/mol. The number of oxazole rings is 1. The van der Waals surface area contributed by atoms with Crippen molar-refractivity contribution in [2.75, 3.05) is 18.5 Å². The number of aliphatic hydroxyl groups excluding tert-OH is 1. The van der Waals surface area contributed by atoms with Crippen molar-refractivity contribution in [3.8, 4) is 11.5 Å². The maximum absolute atomic E-state index is 10.1. The first-order valence-corrected chi connectivity index (χ1v) is 11.2. The Kier molecular flexibility index (Phi) is 6.97. The van der Waals surface area contributed by atoms with E-state index in [1.54, 1.807) is 12.5 Å². The van der Waals surface area contributed by atoms with Crippen LogP contribution in [0.2, 0.25) is 0 Å². The highest BCUT2D eigenvalue weighted by atomic mass is 16.3. The molecule has 160 valence electrons. The molecule has 1 aromatic carbocycles. The van der Waals surface area contributed by atoms with Gasteiger partial charge in [-0.1, -0.05) is 44.4 Å². The molecule has 0 radical (unpaired) electrons. The van der Waals surface area contributed by atoms with Gasteiger partial charge in [0.2, 0.25) is 5.89 Å². The van der Waals surface area contributed by atoms with E-state index < -0.39 is 0 Å². The molecular formula is C24H32N4O2. The fourth-order valence-electron chi connectivity index (χ4n) is 4.49. The summed E-state index contributed by atoms with van der Waals surface area (Å²) in [5.41, 5.74) is 1.76. The van der Waals surface area contributed by atoms with Crippen LogP contribution < -0.4 is 10.6 Å². The minimum absolute atomic E-state index is 0.0996. The maximum Gasteiger partial charge on any atom is 0.229 e. The summed E-state index contributed by atoms with van der Waals surface area (Å²) in [4.78, 5) is 9.15. The van der Waals surface area contributed by atoms with Crippen molar-refractivity contribution in [3.63, 3.8) is 0 Å².